The van der Waals surface area contributed by atoms with E-state index in [9.17, 15) is 4.79 Å². The van der Waals surface area contributed by atoms with Crippen molar-refractivity contribution in [2.24, 2.45) is 11.8 Å². The van der Waals surface area contributed by atoms with Crippen LogP contribution in [0.25, 0.3) is 0 Å². The number of carbonyl (C=O) groups is 1. The molecule has 1 aromatic carbocycles. The molecule has 2 rings (SSSR count). The highest BCUT2D eigenvalue weighted by Gasteiger charge is 2.25. The van der Waals surface area contributed by atoms with Gasteiger partial charge in [0, 0.05) is 19.6 Å². The Balaban J connectivity index is 1.79. The highest BCUT2D eigenvalue weighted by molar-refractivity contribution is 5.78. The molecule has 0 aliphatic carbocycles. The molecular formula is C18H28N2O. The lowest BCUT2D eigenvalue weighted by Crippen LogP contribution is -2.43. The Morgan fingerprint density at radius 2 is 2.10 bits per heavy atom. The first-order chi connectivity index (χ1) is 10.1. The Labute approximate surface area is 128 Å². The quantitative estimate of drug-likeness (QED) is 0.872. The smallest absolute Gasteiger partial charge is 0.224 e. The van der Waals surface area contributed by atoms with Gasteiger partial charge in [0.2, 0.25) is 5.91 Å². The summed E-state index contributed by atoms with van der Waals surface area (Å²) in [6.45, 7) is 8.14. The Hall–Kier alpha value is -1.35. The molecule has 3 heteroatoms. The molecule has 0 spiro atoms. The number of nitrogens with zero attached hydrogens (tertiary/aromatic N) is 1. The number of benzene rings is 1. The lowest BCUT2D eigenvalue weighted by atomic mass is 9.96. The molecule has 0 radical (unpaired) electrons. The van der Waals surface area contributed by atoms with Crippen LogP contribution >= 0.6 is 0 Å². The van der Waals surface area contributed by atoms with Crippen molar-refractivity contribution in [1.82, 2.24) is 10.2 Å². The first-order valence-corrected chi connectivity index (χ1v) is 8.19. The van der Waals surface area contributed by atoms with E-state index in [0.29, 0.717) is 5.92 Å². The molecule has 1 N–H and O–H groups in total. The fraction of sp³-hybridized carbons (Fsp3) is 0.611. The Morgan fingerprint density at radius 1 is 1.33 bits per heavy atom. The molecule has 1 aliphatic rings. The summed E-state index contributed by atoms with van der Waals surface area (Å²) in [5.74, 6) is 1.05. The van der Waals surface area contributed by atoms with Crippen molar-refractivity contribution in [2.75, 3.05) is 19.6 Å². The van der Waals surface area contributed by atoms with Gasteiger partial charge in [-0.25, -0.2) is 0 Å². The van der Waals surface area contributed by atoms with Crippen molar-refractivity contribution in [3.63, 3.8) is 0 Å². The predicted octanol–water partition coefficient (Wildman–Crippen LogP) is 3.06. The molecule has 1 fully saturated rings. The van der Waals surface area contributed by atoms with Crippen LogP contribution in [0.1, 0.15) is 38.7 Å². The largest absolute Gasteiger partial charge is 0.356 e. The van der Waals surface area contributed by atoms with Gasteiger partial charge in [0.25, 0.3) is 0 Å². The van der Waals surface area contributed by atoms with Crippen molar-refractivity contribution in [2.45, 2.75) is 39.7 Å². The zero-order valence-corrected chi connectivity index (χ0v) is 13.3. The summed E-state index contributed by atoms with van der Waals surface area (Å²) in [5, 5.41) is 3.10. The number of likely N-dealkylation sites (tertiary alicyclic amines) is 1. The van der Waals surface area contributed by atoms with E-state index in [-0.39, 0.29) is 11.8 Å². The summed E-state index contributed by atoms with van der Waals surface area (Å²) in [7, 11) is 0. The van der Waals surface area contributed by atoms with Crippen LogP contribution in [0, 0.1) is 11.8 Å². The van der Waals surface area contributed by atoms with E-state index in [4.69, 9.17) is 0 Å². The standard InChI is InChI=1S/C18H28N2O/c1-15(2)10-11-19-18(21)17-9-6-12-20(14-17)13-16-7-4-3-5-8-16/h3-5,7-8,15,17H,6,9-14H2,1-2H3,(H,19,21)/t17-/m1/s1. The summed E-state index contributed by atoms with van der Waals surface area (Å²) in [6.07, 6.45) is 3.21. The van der Waals surface area contributed by atoms with Crippen LogP contribution in [-0.4, -0.2) is 30.4 Å². The molecule has 1 amide bonds. The summed E-state index contributed by atoms with van der Waals surface area (Å²) < 4.78 is 0. The Bertz CT molecular complexity index is 430. The number of carbonyl (C=O) groups excluding carboxylic acids is 1. The molecule has 1 atom stereocenters. The number of nitrogens with one attached hydrogen (secondary N) is 1. The van der Waals surface area contributed by atoms with Crippen LogP contribution < -0.4 is 5.32 Å². The van der Waals surface area contributed by atoms with Gasteiger partial charge in [-0.15, -0.1) is 0 Å². The second-order valence-corrected chi connectivity index (χ2v) is 6.53. The molecular weight excluding hydrogens is 260 g/mol. The molecule has 1 saturated heterocycles. The number of hydrogen-bond acceptors (Lipinski definition) is 2. The van der Waals surface area contributed by atoms with Crippen LogP contribution in [0.5, 0.6) is 0 Å². The fourth-order valence-corrected chi connectivity index (χ4v) is 2.88. The lowest BCUT2D eigenvalue weighted by Gasteiger charge is -2.32. The first-order valence-electron chi connectivity index (χ1n) is 8.19. The normalized spacial score (nSPS) is 19.7. The summed E-state index contributed by atoms with van der Waals surface area (Å²) >= 11 is 0. The van der Waals surface area contributed by atoms with Crippen molar-refractivity contribution in [3.05, 3.63) is 35.9 Å². The van der Waals surface area contributed by atoms with Crippen LogP contribution in [0.15, 0.2) is 30.3 Å². The first kappa shape index (κ1) is 16.0. The Morgan fingerprint density at radius 3 is 2.81 bits per heavy atom. The van der Waals surface area contributed by atoms with Gasteiger partial charge in [0.1, 0.15) is 0 Å². The maximum Gasteiger partial charge on any atom is 0.224 e. The maximum absolute atomic E-state index is 12.2. The molecule has 116 valence electrons. The average Bonchev–Trinajstić information content (AvgIpc) is 2.48. The van der Waals surface area contributed by atoms with E-state index < -0.39 is 0 Å². The van der Waals surface area contributed by atoms with E-state index >= 15 is 0 Å². The van der Waals surface area contributed by atoms with Crippen molar-refractivity contribution < 1.29 is 4.79 Å². The monoisotopic (exact) mass is 288 g/mol. The van der Waals surface area contributed by atoms with Gasteiger partial charge >= 0.3 is 0 Å². The minimum Gasteiger partial charge on any atom is -0.356 e. The highest BCUT2D eigenvalue weighted by Crippen LogP contribution is 2.18. The van der Waals surface area contributed by atoms with Gasteiger partial charge in [-0.2, -0.15) is 0 Å². The van der Waals surface area contributed by atoms with Crippen LogP contribution in [0.2, 0.25) is 0 Å². The van der Waals surface area contributed by atoms with E-state index in [2.05, 4.69) is 48.3 Å². The zero-order chi connectivity index (χ0) is 15.1. The van der Waals surface area contributed by atoms with Crippen LogP contribution in [-0.2, 0) is 11.3 Å². The van der Waals surface area contributed by atoms with Crippen LogP contribution in [0.3, 0.4) is 0 Å². The highest BCUT2D eigenvalue weighted by atomic mass is 16.1. The van der Waals surface area contributed by atoms with Gasteiger partial charge in [0.05, 0.1) is 5.92 Å². The van der Waals surface area contributed by atoms with Crippen molar-refractivity contribution >= 4 is 5.91 Å². The number of amides is 1. The summed E-state index contributed by atoms with van der Waals surface area (Å²) in [5.41, 5.74) is 1.33. The molecule has 0 saturated carbocycles. The third-order valence-corrected chi connectivity index (χ3v) is 4.15. The lowest BCUT2D eigenvalue weighted by molar-refractivity contribution is -0.126. The number of hydrogen-bond donors (Lipinski definition) is 1. The molecule has 1 heterocycles. The van der Waals surface area contributed by atoms with E-state index in [1.165, 1.54) is 5.56 Å². The Kier molecular flexibility index (Phi) is 6.24. The van der Waals surface area contributed by atoms with Gasteiger partial charge < -0.3 is 5.32 Å². The van der Waals surface area contributed by atoms with Gasteiger partial charge in [-0.05, 0) is 37.3 Å². The second kappa shape index (κ2) is 8.18. The number of rotatable bonds is 6. The minimum atomic E-state index is 0.162. The van der Waals surface area contributed by atoms with Crippen molar-refractivity contribution in [1.29, 1.82) is 0 Å². The topological polar surface area (TPSA) is 32.3 Å². The summed E-state index contributed by atoms with van der Waals surface area (Å²) in [4.78, 5) is 14.6. The SMILES string of the molecule is CC(C)CCNC(=O)[C@@H]1CCCN(Cc2ccccc2)C1. The molecule has 3 nitrogen and oxygen atoms in total. The third-order valence-electron chi connectivity index (χ3n) is 4.15. The van der Waals surface area contributed by atoms with E-state index in [1.807, 2.05) is 6.07 Å². The predicted molar refractivity (Wildman–Crippen MR) is 86.9 cm³/mol. The van der Waals surface area contributed by atoms with Gasteiger partial charge in [-0.1, -0.05) is 44.2 Å². The molecule has 1 aliphatic heterocycles. The molecule has 1 aromatic rings. The number of piperidine rings is 1. The molecule has 0 bridgehead atoms. The van der Waals surface area contributed by atoms with E-state index in [1.54, 1.807) is 0 Å². The second-order valence-electron chi connectivity index (χ2n) is 6.53. The average molecular weight is 288 g/mol. The van der Waals surface area contributed by atoms with Gasteiger partial charge in [0.15, 0.2) is 0 Å². The zero-order valence-electron chi connectivity index (χ0n) is 13.3. The van der Waals surface area contributed by atoms with Crippen molar-refractivity contribution in [3.8, 4) is 0 Å². The summed E-state index contributed by atoms with van der Waals surface area (Å²) in [6, 6.07) is 10.5. The van der Waals surface area contributed by atoms with Gasteiger partial charge in [-0.3, -0.25) is 9.69 Å². The maximum atomic E-state index is 12.2. The molecule has 0 unspecified atom stereocenters. The van der Waals surface area contributed by atoms with E-state index in [0.717, 1.165) is 45.4 Å². The van der Waals surface area contributed by atoms with Crippen LogP contribution in [0.4, 0.5) is 0 Å². The molecule has 21 heavy (non-hydrogen) atoms. The fourth-order valence-electron chi connectivity index (χ4n) is 2.88. The minimum absolute atomic E-state index is 0.162. The molecule has 0 aromatic heterocycles. The third kappa shape index (κ3) is 5.50.